The van der Waals surface area contributed by atoms with Crippen LogP contribution in [0.2, 0.25) is 5.02 Å². The molecule has 0 aromatic heterocycles. The Morgan fingerprint density at radius 2 is 2.05 bits per heavy atom. The van der Waals surface area contributed by atoms with Gasteiger partial charge < -0.3 is 10.2 Å². The first-order valence-corrected chi connectivity index (χ1v) is 7.73. The normalized spacial score (nSPS) is 19.4. The smallest absolute Gasteiger partial charge is 0.0455 e. The number of benzene rings is 1. The van der Waals surface area contributed by atoms with Crippen molar-refractivity contribution in [3.8, 4) is 0 Å². The van der Waals surface area contributed by atoms with E-state index in [9.17, 15) is 0 Å². The monoisotopic (exact) mass is 280 g/mol. The van der Waals surface area contributed by atoms with Gasteiger partial charge in [0.25, 0.3) is 0 Å². The highest BCUT2D eigenvalue weighted by Crippen LogP contribution is 2.27. The maximum absolute atomic E-state index is 6.17. The number of nitrogens with one attached hydrogen (secondary N) is 1. The second-order valence-electron chi connectivity index (χ2n) is 5.62. The molecule has 0 spiro atoms. The third-order valence-corrected chi connectivity index (χ3v) is 4.85. The summed E-state index contributed by atoms with van der Waals surface area (Å²) in [6.45, 7) is 10.3. The van der Waals surface area contributed by atoms with Crippen molar-refractivity contribution in [3.05, 3.63) is 28.8 Å². The second-order valence-corrected chi connectivity index (χ2v) is 6.02. The fourth-order valence-electron chi connectivity index (χ4n) is 2.90. The van der Waals surface area contributed by atoms with Crippen LogP contribution in [0.25, 0.3) is 0 Å². The average Bonchev–Trinajstić information content (AvgIpc) is 2.44. The Kier molecular flexibility index (Phi) is 5.12. The van der Waals surface area contributed by atoms with Gasteiger partial charge in [0.1, 0.15) is 0 Å². The van der Waals surface area contributed by atoms with Crippen molar-refractivity contribution < 1.29 is 0 Å². The number of hydrogen-bond donors (Lipinski definition) is 1. The van der Waals surface area contributed by atoms with Crippen molar-refractivity contribution in [2.24, 2.45) is 5.92 Å². The minimum Gasteiger partial charge on any atom is -0.382 e. The molecule has 1 saturated heterocycles. The molecule has 2 nitrogen and oxygen atoms in total. The molecule has 19 heavy (non-hydrogen) atoms. The molecular formula is C16H25ClN2. The van der Waals surface area contributed by atoms with Crippen molar-refractivity contribution in [3.63, 3.8) is 0 Å². The summed E-state index contributed by atoms with van der Waals surface area (Å²) < 4.78 is 0. The van der Waals surface area contributed by atoms with Crippen molar-refractivity contribution >= 4 is 17.3 Å². The lowest BCUT2D eigenvalue weighted by Gasteiger charge is -2.35. The third-order valence-electron chi connectivity index (χ3n) is 4.44. The van der Waals surface area contributed by atoms with E-state index in [1.807, 2.05) is 12.1 Å². The number of hydrogen-bond acceptors (Lipinski definition) is 2. The van der Waals surface area contributed by atoms with E-state index in [1.54, 1.807) is 0 Å². The van der Waals surface area contributed by atoms with Crippen LogP contribution in [0, 0.1) is 12.8 Å². The van der Waals surface area contributed by atoms with Gasteiger partial charge in [0.15, 0.2) is 0 Å². The Bertz CT molecular complexity index is 411. The molecule has 1 heterocycles. The lowest BCUT2D eigenvalue weighted by molar-refractivity contribution is 0.183. The summed E-state index contributed by atoms with van der Waals surface area (Å²) in [6.07, 6.45) is 2.59. The number of nitrogens with zero attached hydrogens (tertiary/aromatic N) is 1. The third kappa shape index (κ3) is 3.64. The van der Waals surface area contributed by atoms with Crippen molar-refractivity contribution in [2.75, 3.05) is 25.0 Å². The summed E-state index contributed by atoms with van der Waals surface area (Å²) in [4.78, 5) is 2.54. The number of halogens is 1. The molecule has 2 rings (SSSR count). The lowest BCUT2D eigenvalue weighted by atomic mass is 9.90. The molecule has 3 heteroatoms. The van der Waals surface area contributed by atoms with Gasteiger partial charge in [-0.3, -0.25) is 0 Å². The van der Waals surface area contributed by atoms with Crippen LogP contribution in [0.1, 0.15) is 32.3 Å². The maximum atomic E-state index is 6.17. The van der Waals surface area contributed by atoms with Gasteiger partial charge in [-0.05, 0) is 69.9 Å². The van der Waals surface area contributed by atoms with Crippen LogP contribution >= 0.6 is 11.6 Å². The molecule has 0 saturated carbocycles. The zero-order valence-corrected chi connectivity index (χ0v) is 13.0. The summed E-state index contributed by atoms with van der Waals surface area (Å²) in [7, 11) is 0. The van der Waals surface area contributed by atoms with Gasteiger partial charge in [-0.15, -0.1) is 0 Å². The highest BCUT2D eigenvalue weighted by molar-refractivity contribution is 6.31. The van der Waals surface area contributed by atoms with E-state index < -0.39 is 0 Å². The molecule has 1 unspecified atom stereocenters. The van der Waals surface area contributed by atoms with E-state index >= 15 is 0 Å². The molecular weight excluding hydrogens is 256 g/mol. The van der Waals surface area contributed by atoms with Gasteiger partial charge in [-0.1, -0.05) is 24.6 Å². The van der Waals surface area contributed by atoms with Gasteiger partial charge >= 0.3 is 0 Å². The fourth-order valence-corrected chi connectivity index (χ4v) is 3.07. The fraction of sp³-hybridized carbons (Fsp3) is 0.625. The summed E-state index contributed by atoms with van der Waals surface area (Å²) in [5, 5.41) is 4.50. The standard InChI is InChI=1S/C16H25ClN2/c1-4-19-10-8-14(9-11-19)13(3)18-16-7-5-6-15(17)12(16)2/h5-7,13-14,18H,4,8-11H2,1-3H3. The van der Waals surface area contributed by atoms with Gasteiger partial charge in [-0.2, -0.15) is 0 Å². The molecule has 1 atom stereocenters. The van der Waals surface area contributed by atoms with Crippen LogP contribution < -0.4 is 5.32 Å². The summed E-state index contributed by atoms with van der Waals surface area (Å²) in [5.74, 6) is 0.765. The summed E-state index contributed by atoms with van der Waals surface area (Å²) >= 11 is 6.17. The predicted octanol–water partition coefficient (Wildman–Crippen LogP) is 4.18. The largest absolute Gasteiger partial charge is 0.382 e. The Morgan fingerprint density at radius 3 is 2.68 bits per heavy atom. The van der Waals surface area contributed by atoms with E-state index in [0.717, 1.165) is 16.5 Å². The molecule has 1 aromatic rings. The second kappa shape index (κ2) is 6.62. The topological polar surface area (TPSA) is 15.3 Å². The first kappa shape index (κ1) is 14.7. The molecule has 1 aliphatic rings. The predicted molar refractivity (Wildman–Crippen MR) is 84.1 cm³/mol. The molecule has 0 bridgehead atoms. The number of anilines is 1. The first-order chi connectivity index (χ1) is 9.11. The highest BCUT2D eigenvalue weighted by Gasteiger charge is 2.23. The molecule has 0 aliphatic carbocycles. The van der Waals surface area contributed by atoms with Gasteiger partial charge in [0, 0.05) is 16.8 Å². The summed E-state index contributed by atoms with van der Waals surface area (Å²) in [6, 6.07) is 6.60. The Labute approximate surface area is 122 Å². The Morgan fingerprint density at radius 1 is 1.37 bits per heavy atom. The number of piperidine rings is 1. The van der Waals surface area contributed by atoms with Crippen LogP contribution in [0.3, 0.4) is 0 Å². The molecule has 1 N–H and O–H groups in total. The van der Waals surface area contributed by atoms with Crippen LogP contribution in [0.15, 0.2) is 18.2 Å². The Balaban J connectivity index is 1.94. The van der Waals surface area contributed by atoms with Gasteiger partial charge in [0.05, 0.1) is 0 Å². The van der Waals surface area contributed by atoms with Crippen LogP contribution in [0.4, 0.5) is 5.69 Å². The van der Waals surface area contributed by atoms with E-state index in [1.165, 1.54) is 38.2 Å². The van der Waals surface area contributed by atoms with Crippen molar-refractivity contribution in [1.29, 1.82) is 0 Å². The first-order valence-electron chi connectivity index (χ1n) is 7.35. The SMILES string of the molecule is CCN1CCC(C(C)Nc2cccc(Cl)c2C)CC1. The molecule has 1 fully saturated rings. The van der Waals surface area contributed by atoms with Crippen LogP contribution in [0.5, 0.6) is 0 Å². The molecule has 0 amide bonds. The van der Waals surface area contributed by atoms with E-state index in [-0.39, 0.29) is 0 Å². The van der Waals surface area contributed by atoms with E-state index in [2.05, 4.69) is 37.1 Å². The number of rotatable bonds is 4. The molecule has 106 valence electrons. The van der Waals surface area contributed by atoms with Crippen molar-refractivity contribution in [2.45, 2.75) is 39.7 Å². The lowest BCUT2D eigenvalue weighted by Crippen LogP contribution is -2.39. The van der Waals surface area contributed by atoms with Crippen LogP contribution in [-0.4, -0.2) is 30.6 Å². The van der Waals surface area contributed by atoms with Gasteiger partial charge in [-0.25, -0.2) is 0 Å². The van der Waals surface area contributed by atoms with Crippen LogP contribution in [-0.2, 0) is 0 Å². The quantitative estimate of drug-likeness (QED) is 0.890. The molecule has 1 aliphatic heterocycles. The maximum Gasteiger partial charge on any atom is 0.0455 e. The molecule has 0 radical (unpaired) electrons. The zero-order valence-electron chi connectivity index (χ0n) is 12.2. The summed E-state index contributed by atoms with van der Waals surface area (Å²) in [5.41, 5.74) is 2.33. The average molecular weight is 281 g/mol. The van der Waals surface area contributed by atoms with E-state index in [0.29, 0.717) is 6.04 Å². The minimum absolute atomic E-state index is 0.510. The van der Waals surface area contributed by atoms with E-state index in [4.69, 9.17) is 11.6 Å². The minimum atomic E-state index is 0.510. The highest BCUT2D eigenvalue weighted by atomic mass is 35.5. The molecule has 1 aromatic carbocycles. The van der Waals surface area contributed by atoms with Gasteiger partial charge in [0.2, 0.25) is 0 Å². The zero-order chi connectivity index (χ0) is 13.8. The Hall–Kier alpha value is -0.730. The number of likely N-dealkylation sites (tertiary alicyclic amines) is 1. The van der Waals surface area contributed by atoms with Crippen molar-refractivity contribution in [1.82, 2.24) is 4.90 Å².